The van der Waals surface area contributed by atoms with Gasteiger partial charge in [0, 0.05) is 19.4 Å². The average molecular weight is 871 g/mol. The van der Waals surface area contributed by atoms with Crippen molar-refractivity contribution in [2.75, 3.05) is 19.8 Å². The van der Waals surface area contributed by atoms with Crippen molar-refractivity contribution in [2.24, 2.45) is 0 Å². The van der Waals surface area contributed by atoms with Crippen molar-refractivity contribution in [3.8, 4) is 0 Å². The van der Waals surface area contributed by atoms with Crippen molar-refractivity contribution >= 4 is 11.9 Å². The maximum atomic E-state index is 12.8. The summed E-state index contributed by atoms with van der Waals surface area (Å²) in [6.45, 7) is 7.82. The third-order valence-electron chi connectivity index (χ3n) is 12.1. The second kappa shape index (κ2) is 53.5. The molecule has 0 radical (unpaired) electrons. The summed E-state index contributed by atoms with van der Waals surface area (Å²) in [6, 6.07) is 0. The molecular formula is C57H106O5. The lowest BCUT2D eigenvalue weighted by Crippen LogP contribution is -2.30. The van der Waals surface area contributed by atoms with E-state index >= 15 is 0 Å². The highest BCUT2D eigenvalue weighted by atomic mass is 16.6. The van der Waals surface area contributed by atoms with Gasteiger partial charge in [-0.25, -0.2) is 0 Å². The normalized spacial score (nSPS) is 12.4. The Labute approximate surface area is 387 Å². The van der Waals surface area contributed by atoms with Gasteiger partial charge in [0.2, 0.25) is 0 Å². The molecule has 0 aliphatic carbocycles. The van der Waals surface area contributed by atoms with Gasteiger partial charge in [0.1, 0.15) is 6.61 Å². The Balaban J connectivity index is 4.21. The van der Waals surface area contributed by atoms with Gasteiger partial charge < -0.3 is 14.2 Å². The van der Waals surface area contributed by atoms with Crippen LogP contribution in [0.5, 0.6) is 0 Å². The number of hydrogen-bond acceptors (Lipinski definition) is 5. The monoisotopic (exact) mass is 871 g/mol. The molecule has 5 heteroatoms. The van der Waals surface area contributed by atoms with Crippen LogP contribution in [0.2, 0.25) is 0 Å². The zero-order chi connectivity index (χ0) is 44.9. The maximum Gasteiger partial charge on any atom is 0.306 e. The summed E-state index contributed by atoms with van der Waals surface area (Å²) in [5.74, 6) is -0.394. The molecule has 0 saturated carbocycles. The number of carbonyl (C=O) groups is 2. The van der Waals surface area contributed by atoms with Gasteiger partial charge in [0.05, 0.1) is 6.61 Å². The van der Waals surface area contributed by atoms with Gasteiger partial charge in [-0.3, -0.25) is 9.59 Å². The number of rotatable bonds is 51. The molecule has 62 heavy (non-hydrogen) atoms. The van der Waals surface area contributed by atoms with Crippen molar-refractivity contribution in [1.82, 2.24) is 0 Å². The Morgan fingerprint density at radius 3 is 1.13 bits per heavy atom. The van der Waals surface area contributed by atoms with Crippen LogP contribution in [-0.4, -0.2) is 37.9 Å². The van der Waals surface area contributed by atoms with Crippen LogP contribution in [0.15, 0.2) is 36.5 Å². The Bertz CT molecular complexity index is 986. The predicted molar refractivity (Wildman–Crippen MR) is 270 cm³/mol. The van der Waals surface area contributed by atoms with Gasteiger partial charge in [-0.15, -0.1) is 0 Å². The summed E-state index contributed by atoms with van der Waals surface area (Å²) in [5.41, 5.74) is 0. The maximum absolute atomic E-state index is 12.8. The summed E-state index contributed by atoms with van der Waals surface area (Å²) in [5, 5.41) is 0. The van der Waals surface area contributed by atoms with E-state index in [0.717, 1.165) is 57.8 Å². The van der Waals surface area contributed by atoms with Crippen LogP contribution in [0.25, 0.3) is 0 Å². The third kappa shape index (κ3) is 50.8. The molecule has 0 aromatic carbocycles. The van der Waals surface area contributed by atoms with Crippen molar-refractivity contribution in [3.63, 3.8) is 0 Å². The lowest BCUT2D eigenvalue weighted by Gasteiger charge is -2.18. The third-order valence-corrected chi connectivity index (χ3v) is 12.1. The van der Waals surface area contributed by atoms with Crippen molar-refractivity contribution < 1.29 is 23.8 Å². The molecule has 0 spiro atoms. The first-order chi connectivity index (χ1) is 30.6. The van der Waals surface area contributed by atoms with E-state index in [1.807, 2.05) is 0 Å². The number of esters is 2. The van der Waals surface area contributed by atoms with E-state index in [1.54, 1.807) is 0 Å². The van der Waals surface area contributed by atoms with Gasteiger partial charge in [-0.1, -0.05) is 237 Å². The molecule has 0 aromatic rings. The first-order valence-electron chi connectivity index (χ1n) is 27.5. The highest BCUT2D eigenvalue weighted by Crippen LogP contribution is 2.16. The largest absolute Gasteiger partial charge is 0.462 e. The molecule has 1 atom stereocenters. The number of ether oxygens (including phenoxy) is 3. The van der Waals surface area contributed by atoms with E-state index in [1.165, 1.54) is 199 Å². The quantitative estimate of drug-likeness (QED) is 0.0346. The Kier molecular flexibility index (Phi) is 51.8. The second-order valence-electron chi connectivity index (χ2n) is 18.5. The van der Waals surface area contributed by atoms with Crippen molar-refractivity contribution in [3.05, 3.63) is 36.5 Å². The van der Waals surface area contributed by atoms with Crippen molar-refractivity contribution in [1.29, 1.82) is 0 Å². The summed E-state index contributed by atoms with van der Waals surface area (Å²) in [4.78, 5) is 25.4. The number of carbonyl (C=O) groups excluding carboxylic acids is 2. The van der Waals surface area contributed by atoms with Crippen LogP contribution in [0.4, 0.5) is 0 Å². The summed E-state index contributed by atoms with van der Waals surface area (Å²) >= 11 is 0. The average Bonchev–Trinajstić information content (AvgIpc) is 3.27. The number of hydrogen-bond donors (Lipinski definition) is 0. The van der Waals surface area contributed by atoms with Gasteiger partial charge in [-0.05, 0) is 77.0 Å². The molecule has 0 aliphatic rings. The highest BCUT2D eigenvalue weighted by Gasteiger charge is 2.17. The molecule has 0 amide bonds. The molecular weight excluding hydrogens is 765 g/mol. The fourth-order valence-electron chi connectivity index (χ4n) is 8.01. The van der Waals surface area contributed by atoms with Gasteiger partial charge >= 0.3 is 11.9 Å². The van der Waals surface area contributed by atoms with Crippen LogP contribution in [0.1, 0.15) is 290 Å². The Morgan fingerprint density at radius 2 is 0.677 bits per heavy atom. The SMILES string of the molecule is CCCCC/C=C\C/C=C\CCCCCCCCCCCCOCC(COC(=O)CCCCCCC/C=C\CCCCCC)OC(=O)CCCCCCCCCCCCCCC. The molecule has 0 bridgehead atoms. The van der Waals surface area contributed by atoms with E-state index in [2.05, 4.69) is 57.2 Å². The summed E-state index contributed by atoms with van der Waals surface area (Å²) in [7, 11) is 0. The first kappa shape index (κ1) is 60.1. The van der Waals surface area contributed by atoms with Gasteiger partial charge in [-0.2, -0.15) is 0 Å². The van der Waals surface area contributed by atoms with Crippen LogP contribution in [0.3, 0.4) is 0 Å². The lowest BCUT2D eigenvalue weighted by molar-refractivity contribution is -0.163. The second-order valence-corrected chi connectivity index (χ2v) is 18.5. The first-order valence-corrected chi connectivity index (χ1v) is 27.5. The fourth-order valence-corrected chi connectivity index (χ4v) is 8.01. The number of unbranched alkanes of at least 4 members (excludes halogenated alkanes) is 34. The van der Waals surface area contributed by atoms with E-state index in [4.69, 9.17) is 14.2 Å². The standard InChI is InChI=1S/C57H106O5/c1-4-7-10-13-16-19-22-25-26-27-28-29-30-31-34-37-40-43-46-49-52-60-53-55(62-57(59)51-48-45-42-39-36-33-24-21-18-15-12-9-6-3)54-61-56(58)50-47-44-41-38-35-32-23-20-17-14-11-8-5-2/h16,19-20,23,25-26,55H,4-15,17-18,21-22,24,27-54H2,1-3H3/b19-16-,23-20-,26-25-. The van der Waals surface area contributed by atoms with Crippen LogP contribution in [0, 0.1) is 0 Å². The minimum Gasteiger partial charge on any atom is -0.462 e. The zero-order valence-electron chi connectivity index (χ0n) is 41.9. The molecule has 0 heterocycles. The molecule has 0 aromatic heterocycles. The summed E-state index contributed by atoms with van der Waals surface area (Å²) < 4.78 is 17.4. The van der Waals surface area contributed by atoms with E-state index in [0.29, 0.717) is 19.4 Å². The fraction of sp³-hybridized carbons (Fsp3) is 0.860. The molecule has 0 N–H and O–H groups in total. The molecule has 1 unspecified atom stereocenters. The lowest BCUT2D eigenvalue weighted by atomic mass is 10.0. The Hall–Kier alpha value is -1.88. The van der Waals surface area contributed by atoms with Crippen LogP contribution in [-0.2, 0) is 23.8 Å². The number of allylic oxidation sites excluding steroid dienone is 6. The van der Waals surface area contributed by atoms with Gasteiger partial charge in [0.15, 0.2) is 6.10 Å². The summed E-state index contributed by atoms with van der Waals surface area (Å²) in [6.07, 6.45) is 64.4. The topological polar surface area (TPSA) is 61.8 Å². The van der Waals surface area contributed by atoms with E-state index in [-0.39, 0.29) is 25.2 Å². The van der Waals surface area contributed by atoms with Crippen LogP contribution >= 0.6 is 0 Å². The van der Waals surface area contributed by atoms with Crippen LogP contribution < -0.4 is 0 Å². The molecule has 364 valence electrons. The molecule has 5 nitrogen and oxygen atoms in total. The Morgan fingerprint density at radius 1 is 0.355 bits per heavy atom. The van der Waals surface area contributed by atoms with E-state index in [9.17, 15) is 9.59 Å². The van der Waals surface area contributed by atoms with E-state index < -0.39 is 6.10 Å². The molecule has 0 saturated heterocycles. The predicted octanol–water partition coefficient (Wildman–Crippen LogP) is 18.6. The molecule has 0 rings (SSSR count). The van der Waals surface area contributed by atoms with Crippen molar-refractivity contribution in [2.45, 2.75) is 297 Å². The smallest absolute Gasteiger partial charge is 0.306 e. The highest BCUT2D eigenvalue weighted by molar-refractivity contribution is 5.70. The van der Waals surface area contributed by atoms with Gasteiger partial charge in [0.25, 0.3) is 0 Å². The zero-order valence-corrected chi connectivity index (χ0v) is 41.9. The molecule has 0 aliphatic heterocycles. The minimum atomic E-state index is -0.536. The minimum absolute atomic E-state index is 0.0848. The molecule has 0 fully saturated rings.